The molecule has 0 saturated heterocycles. The third-order valence-corrected chi connectivity index (χ3v) is 2.78. The van der Waals surface area contributed by atoms with Crippen LogP contribution in [-0.4, -0.2) is 14.5 Å². The maximum Gasteiger partial charge on any atom is 0.217 e. The summed E-state index contributed by atoms with van der Waals surface area (Å²) in [7, 11) is 0. The van der Waals surface area contributed by atoms with Crippen LogP contribution in [0.1, 0.15) is 5.82 Å². The van der Waals surface area contributed by atoms with Crippen LogP contribution in [0.5, 0.6) is 0 Å². The molecule has 18 heavy (non-hydrogen) atoms. The van der Waals surface area contributed by atoms with Gasteiger partial charge in [-0.3, -0.25) is 9.55 Å². The molecular weight excluding hydrogens is 226 g/mol. The molecule has 2 N–H and O–H groups in total. The lowest BCUT2D eigenvalue weighted by Gasteiger charge is -2.09. The Balaban J connectivity index is 2.38. The number of hydrogen-bond donors (Lipinski definition) is 1. The minimum Gasteiger partial charge on any atom is -0.397 e. The van der Waals surface area contributed by atoms with E-state index in [0.29, 0.717) is 11.5 Å². The maximum atomic E-state index is 9.02. The van der Waals surface area contributed by atoms with E-state index in [1.54, 1.807) is 29.2 Å². The van der Waals surface area contributed by atoms with Gasteiger partial charge in [0.15, 0.2) is 0 Å². The van der Waals surface area contributed by atoms with Crippen LogP contribution in [0.15, 0.2) is 42.9 Å². The van der Waals surface area contributed by atoms with Gasteiger partial charge >= 0.3 is 0 Å². The Morgan fingerprint density at radius 3 is 2.89 bits per heavy atom. The molecule has 1 aromatic carbocycles. The Morgan fingerprint density at radius 2 is 2.06 bits per heavy atom. The highest BCUT2D eigenvalue weighted by Gasteiger charge is 2.09. The number of pyridine rings is 1. The molecule has 0 spiro atoms. The number of hydrogen-bond acceptors (Lipinski definition) is 4. The Bertz CT molecular complexity index is 766. The molecule has 0 aliphatic rings. The molecule has 0 aliphatic carbocycles. The molecular formula is C13H9N5. The van der Waals surface area contributed by atoms with Crippen LogP contribution in [0.3, 0.4) is 0 Å². The van der Waals surface area contributed by atoms with E-state index in [2.05, 4.69) is 16.0 Å². The average Bonchev–Trinajstić information content (AvgIpc) is 2.88. The van der Waals surface area contributed by atoms with Gasteiger partial charge in [-0.1, -0.05) is 0 Å². The van der Waals surface area contributed by atoms with Crippen molar-refractivity contribution < 1.29 is 0 Å². The second-order valence-electron chi connectivity index (χ2n) is 3.81. The lowest BCUT2D eigenvalue weighted by atomic mass is 10.1. The van der Waals surface area contributed by atoms with E-state index < -0.39 is 0 Å². The van der Waals surface area contributed by atoms with Gasteiger partial charge in [-0.25, -0.2) is 4.98 Å². The number of imidazole rings is 1. The lowest BCUT2D eigenvalue weighted by molar-refractivity contribution is 1.03. The Hall–Kier alpha value is -2.87. The first kappa shape index (κ1) is 10.3. The largest absolute Gasteiger partial charge is 0.397 e. The lowest BCUT2D eigenvalue weighted by Crippen LogP contribution is -1.99. The number of aromatic nitrogens is 3. The van der Waals surface area contributed by atoms with Crippen molar-refractivity contribution in [1.29, 1.82) is 5.26 Å². The molecule has 3 aromatic rings. The monoisotopic (exact) mass is 235 g/mol. The first-order valence-corrected chi connectivity index (χ1v) is 5.38. The van der Waals surface area contributed by atoms with Gasteiger partial charge < -0.3 is 5.73 Å². The van der Waals surface area contributed by atoms with Crippen molar-refractivity contribution in [3.63, 3.8) is 0 Å². The van der Waals surface area contributed by atoms with E-state index in [1.807, 2.05) is 18.2 Å². The molecule has 5 nitrogen and oxygen atoms in total. The number of nitriles is 1. The molecule has 0 amide bonds. The van der Waals surface area contributed by atoms with Gasteiger partial charge in [0, 0.05) is 24.0 Å². The van der Waals surface area contributed by atoms with E-state index in [1.165, 1.54) is 0 Å². The van der Waals surface area contributed by atoms with Crippen molar-refractivity contribution in [2.45, 2.75) is 0 Å². The summed E-state index contributed by atoms with van der Waals surface area (Å²) in [4.78, 5) is 8.26. The molecule has 0 aliphatic heterocycles. The van der Waals surface area contributed by atoms with Crippen LogP contribution in [0.2, 0.25) is 0 Å². The van der Waals surface area contributed by atoms with Gasteiger partial charge in [0.2, 0.25) is 5.82 Å². The number of anilines is 1. The van der Waals surface area contributed by atoms with Gasteiger partial charge in [0.1, 0.15) is 6.07 Å². The Morgan fingerprint density at radius 1 is 1.17 bits per heavy atom. The molecule has 3 rings (SSSR count). The Labute approximate surface area is 103 Å². The molecule has 2 heterocycles. The van der Waals surface area contributed by atoms with Crippen molar-refractivity contribution in [2.24, 2.45) is 0 Å². The predicted octanol–water partition coefficient (Wildman–Crippen LogP) is 1.87. The van der Waals surface area contributed by atoms with Gasteiger partial charge in [-0.2, -0.15) is 5.26 Å². The molecule has 0 atom stereocenters. The number of benzene rings is 1. The van der Waals surface area contributed by atoms with Crippen molar-refractivity contribution in [3.05, 3.63) is 48.7 Å². The van der Waals surface area contributed by atoms with E-state index in [4.69, 9.17) is 11.0 Å². The second kappa shape index (κ2) is 3.86. The minimum atomic E-state index is 0.338. The SMILES string of the molecule is N#Cc1nccn1-c1ccc(N)c2ncccc12. The summed E-state index contributed by atoms with van der Waals surface area (Å²) in [5, 5.41) is 9.92. The molecule has 5 heteroatoms. The van der Waals surface area contributed by atoms with Gasteiger partial charge in [0.25, 0.3) is 0 Å². The highest BCUT2D eigenvalue weighted by Crippen LogP contribution is 2.25. The van der Waals surface area contributed by atoms with Crippen LogP contribution in [0.4, 0.5) is 5.69 Å². The summed E-state index contributed by atoms with van der Waals surface area (Å²) in [5.41, 5.74) is 8.09. The molecule has 86 valence electrons. The number of rotatable bonds is 1. The number of fused-ring (bicyclic) bond motifs is 1. The van der Waals surface area contributed by atoms with Gasteiger partial charge in [-0.15, -0.1) is 0 Å². The average molecular weight is 235 g/mol. The normalized spacial score (nSPS) is 10.4. The number of nitrogens with two attached hydrogens (primary N) is 1. The van der Waals surface area contributed by atoms with Crippen LogP contribution >= 0.6 is 0 Å². The fraction of sp³-hybridized carbons (Fsp3) is 0. The summed E-state index contributed by atoms with van der Waals surface area (Å²) >= 11 is 0. The summed E-state index contributed by atoms with van der Waals surface area (Å²) in [5.74, 6) is 0.338. The molecule has 0 unspecified atom stereocenters. The standard InChI is InChI=1S/C13H9N5/c14-8-12-16-6-7-18(12)11-4-3-10(15)13-9(11)2-1-5-17-13/h1-7H,15H2. The maximum absolute atomic E-state index is 9.02. The van der Waals surface area contributed by atoms with Crippen molar-refractivity contribution in [1.82, 2.24) is 14.5 Å². The molecule has 0 radical (unpaired) electrons. The summed E-state index contributed by atoms with van der Waals surface area (Å²) in [6.45, 7) is 0. The molecule has 2 aromatic heterocycles. The number of nitrogens with zero attached hydrogens (tertiary/aromatic N) is 4. The zero-order chi connectivity index (χ0) is 12.5. The van der Waals surface area contributed by atoms with Crippen molar-refractivity contribution >= 4 is 16.6 Å². The highest BCUT2D eigenvalue weighted by molar-refractivity contribution is 5.95. The smallest absolute Gasteiger partial charge is 0.217 e. The molecule has 0 bridgehead atoms. The van der Waals surface area contributed by atoms with E-state index >= 15 is 0 Å². The van der Waals surface area contributed by atoms with Crippen LogP contribution in [0.25, 0.3) is 16.6 Å². The third-order valence-electron chi connectivity index (χ3n) is 2.78. The first-order valence-electron chi connectivity index (χ1n) is 5.38. The topological polar surface area (TPSA) is 80.5 Å². The van der Waals surface area contributed by atoms with Gasteiger partial charge in [0.05, 0.1) is 16.9 Å². The van der Waals surface area contributed by atoms with E-state index in [-0.39, 0.29) is 0 Å². The predicted molar refractivity (Wildman–Crippen MR) is 68.0 cm³/mol. The van der Waals surface area contributed by atoms with E-state index in [9.17, 15) is 0 Å². The van der Waals surface area contributed by atoms with Crippen LogP contribution in [-0.2, 0) is 0 Å². The zero-order valence-corrected chi connectivity index (χ0v) is 9.41. The molecule has 0 fully saturated rings. The van der Waals surface area contributed by atoms with Crippen LogP contribution < -0.4 is 5.73 Å². The molecule has 0 saturated carbocycles. The minimum absolute atomic E-state index is 0.338. The van der Waals surface area contributed by atoms with E-state index in [0.717, 1.165) is 16.6 Å². The van der Waals surface area contributed by atoms with Crippen molar-refractivity contribution in [3.8, 4) is 11.8 Å². The van der Waals surface area contributed by atoms with Gasteiger partial charge in [-0.05, 0) is 24.3 Å². The summed E-state index contributed by atoms with van der Waals surface area (Å²) in [6, 6.07) is 9.47. The second-order valence-corrected chi connectivity index (χ2v) is 3.81. The summed E-state index contributed by atoms with van der Waals surface area (Å²) in [6.07, 6.45) is 5.04. The fourth-order valence-corrected chi connectivity index (χ4v) is 1.97. The Kier molecular flexibility index (Phi) is 2.21. The first-order chi connectivity index (χ1) is 8.81. The quantitative estimate of drug-likeness (QED) is 0.653. The fourth-order valence-electron chi connectivity index (χ4n) is 1.97. The van der Waals surface area contributed by atoms with Crippen LogP contribution in [0, 0.1) is 11.3 Å². The van der Waals surface area contributed by atoms with Crippen molar-refractivity contribution in [2.75, 3.05) is 5.73 Å². The highest BCUT2D eigenvalue weighted by atomic mass is 15.1. The third kappa shape index (κ3) is 1.40. The zero-order valence-electron chi connectivity index (χ0n) is 9.41. The number of nitrogen functional groups attached to an aromatic ring is 1. The summed E-state index contributed by atoms with van der Waals surface area (Å²) < 4.78 is 1.73.